The molecule has 0 fully saturated rings. The van der Waals surface area contributed by atoms with Gasteiger partial charge < -0.3 is 10.1 Å². The van der Waals surface area contributed by atoms with Crippen molar-refractivity contribution < 1.29 is 9.13 Å². The first-order valence-corrected chi connectivity index (χ1v) is 7.33. The van der Waals surface area contributed by atoms with E-state index in [4.69, 9.17) is 16.3 Å². The molecule has 0 saturated heterocycles. The Morgan fingerprint density at radius 3 is 2.71 bits per heavy atom. The van der Waals surface area contributed by atoms with Crippen molar-refractivity contribution in [2.75, 3.05) is 11.9 Å². The molecule has 0 radical (unpaired) electrons. The van der Waals surface area contributed by atoms with Crippen LogP contribution in [0.15, 0.2) is 42.5 Å². The zero-order valence-corrected chi connectivity index (χ0v) is 13.0. The Balaban J connectivity index is 1.96. The Labute approximate surface area is 129 Å². The highest BCUT2D eigenvalue weighted by molar-refractivity contribution is 6.31. The molecule has 112 valence electrons. The molecule has 2 aromatic carbocycles. The Hall–Kier alpha value is -1.74. The van der Waals surface area contributed by atoms with Gasteiger partial charge in [-0.15, -0.1) is 0 Å². The van der Waals surface area contributed by atoms with E-state index in [0.29, 0.717) is 19.1 Å². The molecular formula is C17H19ClFNO. The summed E-state index contributed by atoms with van der Waals surface area (Å²) in [5.41, 5.74) is 1.88. The van der Waals surface area contributed by atoms with E-state index in [1.54, 1.807) is 12.1 Å². The summed E-state index contributed by atoms with van der Waals surface area (Å²) in [7, 11) is 0. The molecule has 21 heavy (non-hydrogen) atoms. The summed E-state index contributed by atoms with van der Waals surface area (Å²) in [4.78, 5) is 0. The van der Waals surface area contributed by atoms with Gasteiger partial charge in [0.2, 0.25) is 0 Å². The maximum absolute atomic E-state index is 13.1. The quantitative estimate of drug-likeness (QED) is 0.799. The average molecular weight is 308 g/mol. The average Bonchev–Trinajstić information content (AvgIpc) is 2.47. The minimum absolute atomic E-state index is 0.119. The molecule has 0 heterocycles. The number of halogens is 2. The second-order valence-corrected chi connectivity index (χ2v) is 5.74. The second kappa shape index (κ2) is 7.32. The van der Waals surface area contributed by atoms with Crippen LogP contribution < -0.4 is 10.1 Å². The molecule has 0 aliphatic heterocycles. The summed E-state index contributed by atoms with van der Waals surface area (Å²) in [6, 6.07) is 12.5. The first-order valence-electron chi connectivity index (χ1n) is 6.95. The predicted octanol–water partition coefficient (Wildman–Crippen LogP) is 5.13. The van der Waals surface area contributed by atoms with Gasteiger partial charge in [0.05, 0.1) is 11.6 Å². The maximum atomic E-state index is 13.1. The van der Waals surface area contributed by atoms with E-state index in [1.165, 1.54) is 6.07 Å². The molecule has 0 amide bonds. The summed E-state index contributed by atoms with van der Waals surface area (Å²) in [6.07, 6.45) is 0. The molecule has 0 saturated carbocycles. The highest BCUT2D eigenvalue weighted by Gasteiger charge is 2.02. The van der Waals surface area contributed by atoms with Gasteiger partial charge in [-0.05, 0) is 41.8 Å². The zero-order chi connectivity index (χ0) is 15.2. The Morgan fingerprint density at radius 2 is 2.00 bits per heavy atom. The SMILES string of the molecule is CC(C)COc1cccc(CNc2ccc(F)c(Cl)c2)c1. The van der Waals surface area contributed by atoms with Crippen LogP contribution in [0.3, 0.4) is 0 Å². The van der Waals surface area contributed by atoms with Crippen molar-refractivity contribution in [1.82, 2.24) is 0 Å². The molecule has 4 heteroatoms. The van der Waals surface area contributed by atoms with Gasteiger partial charge in [-0.1, -0.05) is 37.6 Å². The molecule has 0 aromatic heterocycles. The van der Waals surface area contributed by atoms with Crippen molar-refractivity contribution in [3.63, 3.8) is 0 Å². The van der Waals surface area contributed by atoms with E-state index in [9.17, 15) is 4.39 Å². The van der Waals surface area contributed by atoms with E-state index < -0.39 is 5.82 Å². The van der Waals surface area contributed by atoms with Crippen LogP contribution in [0.1, 0.15) is 19.4 Å². The van der Waals surface area contributed by atoms with Crippen LogP contribution in [-0.2, 0) is 6.54 Å². The fraction of sp³-hybridized carbons (Fsp3) is 0.294. The van der Waals surface area contributed by atoms with Gasteiger partial charge >= 0.3 is 0 Å². The van der Waals surface area contributed by atoms with Crippen LogP contribution in [0, 0.1) is 11.7 Å². The fourth-order valence-corrected chi connectivity index (χ4v) is 2.00. The highest BCUT2D eigenvalue weighted by Crippen LogP contribution is 2.20. The van der Waals surface area contributed by atoms with Crippen LogP contribution in [0.5, 0.6) is 5.75 Å². The largest absolute Gasteiger partial charge is 0.493 e. The summed E-state index contributed by atoms with van der Waals surface area (Å²) in [5, 5.41) is 3.33. The van der Waals surface area contributed by atoms with Crippen molar-refractivity contribution in [3.8, 4) is 5.75 Å². The maximum Gasteiger partial charge on any atom is 0.141 e. The van der Waals surface area contributed by atoms with Gasteiger partial charge in [-0.25, -0.2) is 4.39 Å². The number of benzene rings is 2. The van der Waals surface area contributed by atoms with Gasteiger partial charge in [0.1, 0.15) is 11.6 Å². The summed E-state index contributed by atoms with van der Waals surface area (Å²) in [5.74, 6) is 0.944. The van der Waals surface area contributed by atoms with E-state index in [1.807, 2.05) is 24.3 Å². The molecule has 1 N–H and O–H groups in total. The van der Waals surface area contributed by atoms with E-state index in [2.05, 4.69) is 19.2 Å². The number of rotatable bonds is 6. The topological polar surface area (TPSA) is 21.3 Å². The molecule has 0 unspecified atom stereocenters. The van der Waals surface area contributed by atoms with Gasteiger partial charge in [0.15, 0.2) is 0 Å². The van der Waals surface area contributed by atoms with Crippen molar-refractivity contribution in [3.05, 3.63) is 58.9 Å². The smallest absolute Gasteiger partial charge is 0.141 e. The molecule has 0 aliphatic rings. The summed E-state index contributed by atoms with van der Waals surface area (Å²) < 4.78 is 18.8. The molecule has 0 bridgehead atoms. The van der Waals surface area contributed by atoms with Crippen LogP contribution in [-0.4, -0.2) is 6.61 Å². The molecular weight excluding hydrogens is 289 g/mol. The number of hydrogen-bond acceptors (Lipinski definition) is 2. The van der Waals surface area contributed by atoms with Crippen molar-refractivity contribution >= 4 is 17.3 Å². The van der Waals surface area contributed by atoms with Gasteiger partial charge in [-0.2, -0.15) is 0 Å². The molecule has 2 nitrogen and oxygen atoms in total. The monoisotopic (exact) mass is 307 g/mol. The molecule has 0 spiro atoms. The van der Waals surface area contributed by atoms with Crippen LogP contribution in [0.2, 0.25) is 5.02 Å². The van der Waals surface area contributed by atoms with E-state index in [-0.39, 0.29) is 5.02 Å². The van der Waals surface area contributed by atoms with Gasteiger partial charge in [-0.3, -0.25) is 0 Å². The standard InChI is InChI=1S/C17H19ClFNO/c1-12(2)11-21-15-5-3-4-13(8-15)10-20-14-6-7-17(19)16(18)9-14/h3-9,12,20H,10-11H2,1-2H3. The van der Waals surface area contributed by atoms with E-state index in [0.717, 1.165) is 17.0 Å². The highest BCUT2D eigenvalue weighted by atomic mass is 35.5. The lowest BCUT2D eigenvalue weighted by Crippen LogP contribution is -2.05. The zero-order valence-electron chi connectivity index (χ0n) is 12.2. The third-order valence-electron chi connectivity index (χ3n) is 2.90. The predicted molar refractivity (Wildman–Crippen MR) is 85.5 cm³/mol. The lowest BCUT2D eigenvalue weighted by molar-refractivity contribution is 0.271. The molecule has 2 aromatic rings. The lowest BCUT2D eigenvalue weighted by Gasteiger charge is -2.11. The van der Waals surface area contributed by atoms with Crippen molar-refractivity contribution in [2.45, 2.75) is 20.4 Å². The van der Waals surface area contributed by atoms with E-state index >= 15 is 0 Å². The number of ether oxygens (including phenoxy) is 1. The minimum Gasteiger partial charge on any atom is -0.493 e. The Bertz CT molecular complexity index is 601. The van der Waals surface area contributed by atoms with Crippen molar-refractivity contribution in [2.24, 2.45) is 5.92 Å². The normalized spacial score (nSPS) is 10.7. The fourth-order valence-electron chi connectivity index (χ4n) is 1.82. The van der Waals surface area contributed by atoms with Crippen molar-refractivity contribution in [1.29, 1.82) is 0 Å². The number of hydrogen-bond donors (Lipinski definition) is 1. The second-order valence-electron chi connectivity index (χ2n) is 5.33. The van der Waals surface area contributed by atoms with Gasteiger partial charge in [0.25, 0.3) is 0 Å². The van der Waals surface area contributed by atoms with Crippen LogP contribution >= 0.6 is 11.6 Å². The lowest BCUT2D eigenvalue weighted by atomic mass is 10.2. The first kappa shape index (κ1) is 15.6. The molecule has 0 atom stereocenters. The number of anilines is 1. The minimum atomic E-state index is -0.411. The summed E-state index contributed by atoms with van der Waals surface area (Å²) in [6.45, 7) is 5.55. The third-order valence-corrected chi connectivity index (χ3v) is 3.19. The van der Waals surface area contributed by atoms with Crippen LogP contribution in [0.4, 0.5) is 10.1 Å². The summed E-state index contributed by atoms with van der Waals surface area (Å²) >= 11 is 5.76. The molecule has 0 aliphatic carbocycles. The first-order chi connectivity index (χ1) is 10.0. The third kappa shape index (κ3) is 4.94. The number of nitrogens with one attached hydrogen (secondary N) is 1. The Morgan fingerprint density at radius 1 is 1.19 bits per heavy atom. The molecule has 2 rings (SSSR count). The van der Waals surface area contributed by atoms with Gasteiger partial charge in [0, 0.05) is 12.2 Å². The van der Waals surface area contributed by atoms with Crippen LogP contribution in [0.25, 0.3) is 0 Å². The Kier molecular flexibility index (Phi) is 5.45.